The van der Waals surface area contributed by atoms with Crippen LogP contribution in [0.25, 0.3) is 54.7 Å². The lowest BCUT2D eigenvalue weighted by Gasteiger charge is -2.11. The number of aromatic amines is 2. The maximum atomic E-state index is 9.67. The fourth-order valence-corrected chi connectivity index (χ4v) is 4.62. The monoisotopic (exact) mass is 376 g/mol. The second-order valence-electron chi connectivity index (χ2n) is 7.60. The quantitative estimate of drug-likeness (QED) is 0.340. The number of hydrogen-bond acceptors (Lipinski definition) is 1. The molecule has 0 fully saturated rings. The van der Waals surface area contributed by atoms with E-state index in [1.165, 1.54) is 32.7 Å². The van der Waals surface area contributed by atoms with E-state index in [4.69, 9.17) is 0 Å². The van der Waals surface area contributed by atoms with Gasteiger partial charge in [0, 0.05) is 50.3 Å². The lowest BCUT2D eigenvalue weighted by Crippen LogP contribution is -1.95. The standard InChI is InChI=1S/C26H20N2O/c29-14-13-16-9-11-20-18-5-1-4-8-23(18)28-26(20)25(16)17-10-12-24-21(15-17)19-6-2-3-7-22(19)27-24/h1-12,15,27-29H,13-14H2. The van der Waals surface area contributed by atoms with Crippen LogP contribution in [-0.2, 0) is 6.42 Å². The van der Waals surface area contributed by atoms with Gasteiger partial charge in [0.25, 0.3) is 0 Å². The molecule has 3 N–H and O–H groups in total. The van der Waals surface area contributed by atoms with Gasteiger partial charge in [-0.3, -0.25) is 0 Å². The summed E-state index contributed by atoms with van der Waals surface area (Å²) >= 11 is 0. The van der Waals surface area contributed by atoms with Crippen molar-refractivity contribution in [3.8, 4) is 11.1 Å². The van der Waals surface area contributed by atoms with E-state index >= 15 is 0 Å². The summed E-state index contributed by atoms with van der Waals surface area (Å²) in [6.45, 7) is 0.133. The van der Waals surface area contributed by atoms with Crippen LogP contribution in [0.3, 0.4) is 0 Å². The van der Waals surface area contributed by atoms with Crippen molar-refractivity contribution < 1.29 is 5.11 Å². The Labute approximate surface area is 167 Å². The third kappa shape index (κ3) is 2.41. The number of para-hydroxylation sites is 2. The van der Waals surface area contributed by atoms with Gasteiger partial charge in [0.05, 0.1) is 5.52 Å². The molecule has 6 aromatic rings. The first kappa shape index (κ1) is 16.4. The molecule has 0 atom stereocenters. The summed E-state index contributed by atoms with van der Waals surface area (Å²) in [5, 5.41) is 14.6. The van der Waals surface area contributed by atoms with E-state index in [2.05, 4.69) is 88.8 Å². The van der Waals surface area contributed by atoms with Gasteiger partial charge in [-0.25, -0.2) is 0 Å². The molecule has 0 aliphatic heterocycles. The summed E-state index contributed by atoms with van der Waals surface area (Å²) in [7, 11) is 0. The highest BCUT2D eigenvalue weighted by Gasteiger charge is 2.15. The summed E-state index contributed by atoms with van der Waals surface area (Å²) in [4.78, 5) is 7.14. The number of aliphatic hydroxyl groups is 1. The van der Waals surface area contributed by atoms with Gasteiger partial charge in [0.1, 0.15) is 0 Å². The summed E-state index contributed by atoms with van der Waals surface area (Å²) in [5.74, 6) is 0. The van der Waals surface area contributed by atoms with Gasteiger partial charge in [0.15, 0.2) is 0 Å². The first-order valence-corrected chi connectivity index (χ1v) is 9.97. The largest absolute Gasteiger partial charge is 0.396 e. The minimum absolute atomic E-state index is 0.133. The predicted molar refractivity (Wildman–Crippen MR) is 121 cm³/mol. The topological polar surface area (TPSA) is 51.8 Å². The van der Waals surface area contributed by atoms with Gasteiger partial charge in [-0.1, -0.05) is 54.6 Å². The number of benzene rings is 4. The van der Waals surface area contributed by atoms with Gasteiger partial charge in [0.2, 0.25) is 0 Å². The minimum Gasteiger partial charge on any atom is -0.396 e. The molecule has 2 aromatic heterocycles. The van der Waals surface area contributed by atoms with Crippen molar-refractivity contribution in [2.45, 2.75) is 6.42 Å². The molecule has 29 heavy (non-hydrogen) atoms. The number of aliphatic hydroxyl groups excluding tert-OH is 1. The molecule has 0 spiro atoms. The van der Waals surface area contributed by atoms with Crippen LogP contribution in [0.5, 0.6) is 0 Å². The van der Waals surface area contributed by atoms with Crippen molar-refractivity contribution in [2.24, 2.45) is 0 Å². The second-order valence-corrected chi connectivity index (χ2v) is 7.60. The first-order chi connectivity index (χ1) is 14.3. The first-order valence-electron chi connectivity index (χ1n) is 9.97. The van der Waals surface area contributed by atoms with Gasteiger partial charge in [-0.2, -0.15) is 0 Å². The van der Waals surface area contributed by atoms with Crippen LogP contribution in [0, 0.1) is 0 Å². The van der Waals surface area contributed by atoms with E-state index in [0.29, 0.717) is 6.42 Å². The van der Waals surface area contributed by atoms with Crippen molar-refractivity contribution in [3.05, 3.63) is 84.4 Å². The zero-order chi connectivity index (χ0) is 19.4. The Kier molecular flexibility index (Phi) is 3.52. The molecule has 0 bridgehead atoms. The van der Waals surface area contributed by atoms with Crippen LogP contribution in [0.4, 0.5) is 0 Å². The maximum absolute atomic E-state index is 9.67. The second kappa shape index (κ2) is 6.23. The number of aromatic nitrogens is 2. The molecule has 2 heterocycles. The molecule has 3 nitrogen and oxygen atoms in total. The Hall–Kier alpha value is -3.56. The molecule has 0 amide bonds. The van der Waals surface area contributed by atoms with Crippen molar-refractivity contribution >= 4 is 43.6 Å². The van der Waals surface area contributed by atoms with Crippen LogP contribution >= 0.6 is 0 Å². The van der Waals surface area contributed by atoms with Crippen molar-refractivity contribution in [1.82, 2.24) is 9.97 Å². The van der Waals surface area contributed by atoms with Crippen LogP contribution in [0.1, 0.15) is 5.56 Å². The van der Waals surface area contributed by atoms with Crippen molar-refractivity contribution in [3.63, 3.8) is 0 Å². The van der Waals surface area contributed by atoms with E-state index in [-0.39, 0.29) is 6.61 Å². The fourth-order valence-electron chi connectivity index (χ4n) is 4.62. The Morgan fingerprint density at radius 1 is 0.621 bits per heavy atom. The molecule has 3 heteroatoms. The van der Waals surface area contributed by atoms with E-state index in [9.17, 15) is 5.11 Å². The average molecular weight is 376 g/mol. The Morgan fingerprint density at radius 2 is 1.31 bits per heavy atom. The molecule has 0 aliphatic carbocycles. The van der Waals surface area contributed by atoms with Gasteiger partial charge < -0.3 is 15.1 Å². The molecular formula is C26H20N2O. The van der Waals surface area contributed by atoms with Crippen molar-refractivity contribution in [2.75, 3.05) is 6.61 Å². The molecular weight excluding hydrogens is 356 g/mol. The number of H-pyrrole nitrogens is 2. The van der Waals surface area contributed by atoms with E-state index in [1.807, 2.05) is 0 Å². The minimum atomic E-state index is 0.133. The highest BCUT2D eigenvalue weighted by molar-refractivity contribution is 6.14. The normalized spacial score (nSPS) is 11.9. The molecule has 0 saturated carbocycles. The molecule has 0 aliphatic rings. The smallest absolute Gasteiger partial charge is 0.0547 e. The maximum Gasteiger partial charge on any atom is 0.0547 e. The van der Waals surface area contributed by atoms with Crippen LogP contribution in [-0.4, -0.2) is 21.7 Å². The SMILES string of the molecule is OCCc1ccc2c([nH]c3ccccc32)c1-c1ccc2[nH]c3ccccc3c2c1. The molecule has 0 saturated heterocycles. The lowest BCUT2D eigenvalue weighted by atomic mass is 9.94. The third-order valence-electron chi connectivity index (χ3n) is 5.94. The third-order valence-corrected chi connectivity index (χ3v) is 5.94. The summed E-state index contributed by atoms with van der Waals surface area (Å²) in [6.07, 6.45) is 0.632. The van der Waals surface area contributed by atoms with Gasteiger partial charge >= 0.3 is 0 Å². The number of hydrogen-bond donors (Lipinski definition) is 3. The van der Waals surface area contributed by atoms with E-state index < -0.39 is 0 Å². The Balaban J connectivity index is 1.70. The number of nitrogens with one attached hydrogen (secondary N) is 2. The number of rotatable bonds is 3. The van der Waals surface area contributed by atoms with E-state index in [0.717, 1.165) is 27.6 Å². The molecule has 6 rings (SSSR count). The molecule has 4 aromatic carbocycles. The zero-order valence-electron chi connectivity index (χ0n) is 15.9. The highest BCUT2D eigenvalue weighted by atomic mass is 16.2. The predicted octanol–water partition coefficient (Wildman–Crippen LogP) is 6.16. The molecule has 0 radical (unpaired) electrons. The Morgan fingerprint density at radius 3 is 2.10 bits per heavy atom. The van der Waals surface area contributed by atoms with Gasteiger partial charge in [-0.15, -0.1) is 0 Å². The Bertz CT molecular complexity index is 1520. The van der Waals surface area contributed by atoms with E-state index in [1.54, 1.807) is 0 Å². The summed E-state index contributed by atoms with van der Waals surface area (Å²) in [5.41, 5.74) is 8.07. The average Bonchev–Trinajstić information content (AvgIpc) is 3.31. The fraction of sp³-hybridized carbons (Fsp3) is 0.0769. The van der Waals surface area contributed by atoms with Crippen molar-refractivity contribution in [1.29, 1.82) is 0 Å². The van der Waals surface area contributed by atoms with Crippen LogP contribution < -0.4 is 0 Å². The van der Waals surface area contributed by atoms with Crippen LogP contribution in [0.15, 0.2) is 78.9 Å². The zero-order valence-corrected chi connectivity index (χ0v) is 15.9. The lowest BCUT2D eigenvalue weighted by molar-refractivity contribution is 0.300. The highest BCUT2D eigenvalue weighted by Crippen LogP contribution is 2.38. The number of fused-ring (bicyclic) bond motifs is 6. The van der Waals surface area contributed by atoms with Crippen LogP contribution in [0.2, 0.25) is 0 Å². The van der Waals surface area contributed by atoms with Gasteiger partial charge in [-0.05, 0) is 41.8 Å². The molecule has 0 unspecified atom stereocenters. The summed E-state index contributed by atoms with van der Waals surface area (Å²) < 4.78 is 0. The summed E-state index contributed by atoms with van der Waals surface area (Å²) in [6, 6.07) is 27.8. The molecule has 140 valence electrons.